The summed E-state index contributed by atoms with van der Waals surface area (Å²) in [6, 6.07) is 0. The summed E-state index contributed by atoms with van der Waals surface area (Å²) in [5, 5.41) is 0. The zero-order valence-corrected chi connectivity index (χ0v) is 7.42. The highest BCUT2D eigenvalue weighted by molar-refractivity contribution is 4.89. The molecule has 2 heteroatoms. The molecule has 1 atom stereocenters. The summed E-state index contributed by atoms with van der Waals surface area (Å²) >= 11 is 0. The lowest BCUT2D eigenvalue weighted by Gasteiger charge is -2.31. The molecule has 68 valence electrons. The molecule has 2 rings (SSSR count). The molecule has 0 aromatic heterocycles. The fraction of sp³-hybridized carbons (Fsp3) is 0.800. The normalized spacial score (nSPS) is 33.8. The van der Waals surface area contributed by atoms with Gasteiger partial charge in [0.25, 0.3) is 0 Å². The van der Waals surface area contributed by atoms with Crippen LogP contribution in [-0.4, -0.2) is 18.5 Å². The zero-order valence-electron chi connectivity index (χ0n) is 7.42. The highest BCUT2D eigenvalue weighted by Gasteiger charge is 2.40. The van der Waals surface area contributed by atoms with Gasteiger partial charge in [-0.3, -0.25) is 0 Å². The smallest absolute Gasteiger partial charge is 0.169 e. The van der Waals surface area contributed by atoms with Crippen LogP contribution in [0.15, 0.2) is 12.7 Å². The van der Waals surface area contributed by atoms with Gasteiger partial charge in [0.1, 0.15) is 6.10 Å². The molecule has 0 amide bonds. The van der Waals surface area contributed by atoms with Crippen molar-refractivity contribution in [2.75, 3.05) is 6.61 Å². The van der Waals surface area contributed by atoms with Gasteiger partial charge < -0.3 is 9.47 Å². The van der Waals surface area contributed by atoms with E-state index < -0.39 is 0 Å². The third kappa shape index (κ3) is 1.41. The van der Waals surface area contributed by atoms with Crippen LogP contribution in [0, 0.1) is 0 Å². The largest absolute Gasteiger partial charge is 0.347 e. The van der Waals surface area contributed by atoms with Crippen LogP contribution in [0.2, 0.25) is 0 Å². The van der Waals surface area contributed by atoms with E-state index in [1.54, 1.807) is 0 Å². The Balaban J connectivity index is 1.98. The van der Waals surface area contributed by atoms with Gasteiger partial charge in [-0.2, -0.15) is 0 Å². The summed E-state index contributed by atoms with van der Waals surface area (Å²) < 4.78 is 11.5. The number of hydrogen-bond acceptors (Lipinski definition) is 2. The fourth-order valence-electron chi connectivity index (χ4n) is 2.05. The Kier molecular flexibility index (Phi) is 2.20. The van der Waals surface area contributed by atoms with Gasteiger partial charge in [0, 0.05) is 12.8 Å². The molecule has 0 aromatic carbocycles. The summed E-state index contributed by atoms with van der Waals surface area (Å²) in [5.41, 5.74) is 0. The van der Waals surface area contributed by atoms with E-state index in [-0.39, 0.29) is 11.9 Å². The Morgan fingerprint density at radius 1 is 1.25 bits per heavy atom. The second-order valence-corrected chi connectivity index (χ2v) is 3.67. The first-order valence-corrected chi connectivity index (χ1v) is 4.79. The summed E-state index contributed by atoms with van der Waals surface area (Å²) in [4.78, 5) is 0. The fourth-order valence-corrected chi connectivity index (χ4v) is 2.05. The van der Waals surface area contributed by atoms with E-state index in [2.05, 4.69) is 6.58 Å². The Morgan fingerprint density at radius 2 is 2.00 bits per heavy atom. The maximum absolute atomic E-state index is 5.80. The van der Waals surface area contributed by atoms with Crippen molar-refractivity contribution >= 4 is 0 Å². The molecule has 2 fully saturated rings. The SMILES string of the molecule is C=CC1COC2(CCCCC2)O1. The first-order chi connectivity index (χ1) is 5.85. The van der Waals surface area contributed by atoms with Gasteiger partial charge >= 0.3 is 0 Å². The molecule has 1 saturated heterocycles. The van der Waals surface area contributed by atoms with E-state index in [0.717, 1.165) is 12.8 Å². The van der Waals surface area contributed by atoms with Crippen LogP contribution in [0.1, 0.15) is 32.1 Å². The molecule has 1 heterocycles. The summed E-state index contributed by atoms with van der Waals surface area (Å²) in [7, 11) is 0. The van der Waals surface area contributed by atoms with Gasteiger partial charge in [0.05, 0.1) is 6.61 Å². The van der Waals surface area contributed by atoms with E-state index >= 15 is 0 Å². The van der Waals surface area contributed by atoms with Crippen molar-refractivity contribution in [3.8, 4) is 0 Å². The van der Waals surface area contributed by atoms with Gasteiger partial charge in [-0.05, 0) is 12.8 Å². The van der Waals surface area contributed by atoms with E-state index in [1.165, 1.54) is 19.3 Å². The third-order valence-electron chi connectivity index (χ3n) is 2.76. The molecule has 1 aliphatic carbocycles. The first kappa shape index (κ1) is 8.27. The Labute approximate surface area is 73.5 Å². The molecule has 1 spiro atoms. The maximum Gasteiger partial charge on any atom is 0.169 e. The lowest BCUT2D eigenvalue weighted by Crippen LogP contribution is -2.33. The van der Waals surface area contributed by atoms with Crippen molar-refractivity contribution in [3.05, 3.63) is 12.7 Å². The van der Waals surface area contributed by atoms with E-state index in [4.69, 9.17) is 9.47 Å². The minimum Gasteiger partial charge on any atom is -0.347 e. The van der Waals surface area contributed by atoms with Crippen molar-refractivity contribution < 1.29 is 9.47 Å². The monoisotopic (exact) mass is 168 g/mol. The molecule has 0 radical (unpaired) electrons. The topological polar surface area (TPSA) is 18.5 Å². The van der Waals surface area contributed by atoms with Gasteiger partial charge in [-0.15, -0.1) is 6.58 Å². The molecule has 0 N–H and O–H groups in total. The van der Waals surface area contributed by atoms with Crippen molar-refractivity contribution in [1.82, 2.24) is 0 Å². The van der Waals surface area contributed by atoms with Crippen molar-refractivity contribution in [2.45, 2.75) is 44.0 Å². The number of rotatable bonds is 1. The summed E-state index contributed by atoms with van der Waals surface area (Å²) in [6.45, 7) is 4.41. The van der Waals surface area contributed by atoms with Gasteiger partial charge in [-0.1, -0.05) is 12.5 Å². The van der Waals surface area contributed by atoms with E-state index in [1.807, 2.05) is 6.08 Å². The minimum absolute atomic E-state index is 0.128. The molecule has 1 saturated carbocycles. The lowest BCUT2D eigenvalue weighted by atomic mass is 9.94. The average Bonchev–Trinajstić information content (AvgIpc) is 2.50. The highest BCUT2D eigenvalue weighted by atomic mass is 16.7. The van der Waals surface area contributed by atoms with Crippen LogP contribution in [0.25, 0.3) is 0 Å². The van der Waals surface area contributed by atoms with Crippen molar-refractivity contribution in [3.63, 3.8) is 0 Å². The molecule has 1 aliphatic heterocycles. The predicted octanol–water partition coefficient (Wildman–Crippen LogP) is 2.25. The van der Waals surface area contributed by atoms with Crippen LogP contribution in [-0.2, 0) is 9.47 Å². The molecule has 2 aliphatic rings. The number of ether oxygens (including phenoxy) is 2. The van der Waals surface area contributed by atoms with Gasteiger partial charge in [0.15, 0.2) is 5.79 Å². The molecular weight excluding hydrogens is 152 g/mol. The molecule has 12 heavy (non-hydrogen) atoms. The second-order valence-electron chi connectivity index (χ2n) is 3.67. The molecule has 1 unspecified atom stereocenters. The molecule has 0 bridgehead atoms. The molecule has 0 aromatic rings. The Bertz CT molecular complexity index is 171. The van der Waals surface area contributed by atoms with E-state index in [0.29, 0.717) is 6.61 Å². The van der Waals surface area contributed by atoms with Gasteiger partial charge in [-0.25, -0.2) is 0 Å². The third-order valence-corrected chi connectivity index (χ3v) is 2.76. The van der Waals surface area contributed by atoms with Gasteiger partial charge in [0.2, 0.25) is 0 Å². The standard InChI is InChI=1S/C10H16O2/c1-2-9-8-11-10(12-9)6-4-3-5-7-10/h2,9H,1,3-8H2. The van der Waals surface area contributed by atoms with Crippen LogP contribution in [0.5, 0.6) is 0 Å². The van der Waals surface area contributed by atoms with Crippen LogP contribution in [0.4, 0.5) is 0 Å². The Hall–Kier alpha value is -0.340. The zero-order chi connectivity index (χ0) is 8.44. The highest BCUT2D eigenvalue weighted by Crippen LogP contribution is 2.37. The lowest BCUT2D eigenvalue weighted by molar-refractivity contribution is -0.182. The number of hydrogen-bond donors (Lipinski definition) is 0. The minimum atomic E-state index is -0.225. The van der Waals surface area contributed by atoms with Crippen LogP contribution >= 0.6 is 0 Å². The second kappa shape index (κ2) is 3.19. The summed E-state index contributed by atoms with van der Waals surface area (Å²) in [6.07, 6.45) is 7.90. The van der Waals surface area contributed by atoms with Crippen LogP contribution < -0.4 is 0 Å². The first-order valence-electron chi connectivity index (χ1n) is 4.79. The maximum atomic E-state index is 5.80. The van der Waals surface area contributed by atoms with E-state index in [9.17, 15) is 0 Å². The summed E-state index contributed by atoms with van der Waals surface area (Å²) in [5.74, 6) is -0.225. The molecule has 2 nitrogen and oxygen atoms in total. The predicted molar refractivity (Wildman–Crippen MR) is 46.8 cm³/mol. The average molecular weight is 168 g/mol. The quantitative estimate of drug-likeness (QED) is 0.559. The molecular formula is C10H16O2. The van der Waals surface area contributed by atoms with Crippen LogP contribution in [0.3, 0.4) is 0 Å². The van der Waals surface area contributed by atoms with Crippen molar-refractivity contribution in [1.29, 1.82) is 0 Å². The Morgan fingerprint density at radius 3 is 2.58 bits per heavy atom. The van der Waals surface area contributed by atoms with Crippen molar-refractivity contribution in [2.24, 2.45) is 0 Å².